The largest absolute Gasteiger partial charge is 0.457 e. The molecule has 0 radical (unpaired) electrons. The van der Waals surface area contributed by atoms with Gasteiger partial charge in [0.2, 0.25) is 0 Å². The normalized spacial score (nSPS) is 16.5. The highest BCUT2D eigenvalue weighted by Crippen LogP contribution is 2.20. The van der Waals surface area contributed by atoms with Gasteiger partial charge >= 0.3 is 11.9 Å². The molecule has 4 heteroatoms. The standard InChI is InChI=1S/C13H22O4/c1-2-3-7-10-16-12(14)13(15)17-11-8-5-4-6-9-11/h11H,2-10H2,1H3. The van der Waals surface area contributed by atoms with E-state index in [4.69, 9.17) is 9.47 Å². The zero-order chi connectivity index (χ0) is 12.5. The van der Waals surface area contributed by atoms with Crippen LogP contribution in [0.3, 0.4) is 0 Å². The molecule has 0 atom stereocenters. The topological polar surface area (TPSA) is 52.6 Å². The first-order valence-electron chi connectivity index (χ1n) is 6.61. The third-order valence-corrected chi connectivity index (χ3v) is 2.97. The summed E-state index contributed by atoms with van der Waals surface area (Å²) in [5, 5.41) is 0. The highest BCUT2D eigenvalue weighted by atomic mass is 16.6. The smallest absolute Gasteiger partial charge is 0.417 e. The summed E-state index contributed by atoms with van der Waals surface area (Å²) in [7, 11) is 0. The van der Waals surface area contributed by atoms with Gasteiger partial charge in [-0.05, 0) is 32.1 Å². The zero-order valence-corrected chi connectivity index (χ0v) is 10.6. The van der Waals surface area contributed by atoms with E-state index in [1.54, 1.807) is 0 Å². The van der Waals surface area contributed by atoms with Gasteiger partial charge in [-0.15, -0.1) is 0 Å². The van der Waals surface area contributed by atoms with E-state index < -0.39 is 11.9 Å². The lowest BCUT2D eigenvalue weighted by Gasteiger charge is -2.21. The van der Waals surface area contributed by atoms with Crippen molar-refractivity contribution in [3.63, 3.8) is 0 Å². The second kappa shape index (κ2) is 8.09. The third-order valence-electron chi connectivity index (χ3n) is 2.97. The Morgan fingerprint density at radius 1 is 1.06 bits per heavy atom. The number of carbonyl (C=O) groups excluding carboxylic acids is 2. The van der Waals surface area contributed by atoms with Gasteiger partial charge in [0.1, 0.15) is 6.10 Å². The van der Waals surface area contributed by atoms with Gasteiger partial charge in [-0.25, -0.2) is 9.59 Å². The van der Waals surface area contributed by atoms with Gasteiger partial charge in [0.15, 0.2) is 0 Å². The Labute approximate surface area is 103 Å². The average molecular weight is 242 g/mol. The number of hydrogen-bond acceptors (Lipinski definition) is 4. The summed E-state index contributed by atoms with van der Waals surface area (Å²) in [6.07, 6.45) is 7.86. The molecule has 0 saturated heterocycles. The van der Waals surface area contributed by atoms with Gasteiger partial charge in [-0.3, -0.25) is 0 Å². The molecule has 1 fully saturated rings. The SMILES string of the molecule is CCCCCOC(=O)C(=O)OC1CCCCC1. The number of ether oxygens (including phenoxy) is 2. The van der Waals surface area contributed by atoms with Gasteiger partial charge < -0.3 is 9.47 Å². The van der Waals surface area contributed by atoms with Crippen molar-refractivity contribution in [1.82, 2.24) is 0 Å². The molecule has 0 unspecified atom stereocenters. The first kappa shape index (κ1) is 14.0. The maximum absolute atomic E-state index is 11.4. The monoisotopic (exact) mass is 242 g/mol. The van der Waals surface area contributed by atoms with E-state index in [2.05, 4.69) is 6.92 Å². The molecule has 0 aromatic heterocycles. The molecule has 0 N–H and O–H groups in total. The van der Waals surface area contributed by atoms with Gasteiger partial charge in [0, 0.05) is 0 Å². The van der Waals surface area contributed by atoms with Crippen LogP contribution in [-0.2, 0) is 19.1 Å². The second-order valence-corrected chi connectivity index (χ2v) is 4.51. The van der Waals surface area contributed by atoms with Crippen LogP contribution >= 0.6 is 0 Å². The molecule has 1 saturated carbocycles. The Balaban J connectivity index is 2.15. The fourth-order valence-electron chi connectivity index (χ4n) is 1.96. The van der Waals surface area contributed by atoms with Crippen LogP contribution in [0.1, 0.15) is 58.3 Å². The minimum atomic E-state index is -0.841. The summed E-state index contributed by atoms with van der Waals surface area (Å²) in [6, 6.07) is 0. The fourth-order valence-corrected chi connectivity index (χ4v) is 1.96. The summed E-state index contributed by atoms with van der Waals surface area (Å²) in [5.41, 5.74) is 0. The van der Waals surface area contributed by atoms with Crippen molar-refractivity contribution >= 4 is 11.9 Å². The van der Waals surface area contributed by atoms with Crippen LogP contribution in [-0.4, -0.2) is 24.6 Å². The van der Waals surface area contributed by atoms with Crippen molar-refractivity contribution in [1.29, 1.82) is 0 Å². The van der Waals surface area contributed by atoms with E-state index in [9.17, 15) is 9.59 Å². The van der Waals surface area contributed by atoms with Gasteiger partial charge in [0.25, 0.3) is 0 Å². The lowest BCUT2D eigenvalue weighted by atomic mass is 9.98. The minimum absolute atomic E-state index is 0.0839. The molecule has 4 nitrogen and oxygen atoms in total. The highest BCUT2D eigenvalue weighted by Gasteiger charge is 2.23. The lowest BCUT2D eigenvalue weighted by Crippen LogP contribution is -2.27. The molecular weight excluding hydrogens is 220 g/mol. The van der Waals surface area contributed by atoms with Crippen LogP contribution in [0.4, 0.5) is 0 Å². The van der Waals surface area contributed by atoms with E-state index in [1.807, 2.05) is 0 Å². The summed E-state index contributed by atoms with van der Waals surface area (Å²) >= 11 is 0. The zero-order valence-electron chi connectivity index (χ0n) is 10.6. The van der Waals surface area contributed by atoms with Crippen LogP contribution in [0.2, 0.25) is 0 Å². The predicted molar refractivity (Wildman–Crippen MR) is 63.4 cm³/mol. The summed E-state index contributed by atoms with van der Waals surface area (Å²) in [5.74, 6) is -1.67. The Kier molecular flexibility index (Phi) is 6.67. The molecule has 98 valence electrons. The Morgan fingerprint density at radius 2 is 1.76 bits per heavy atom. The summed E-state index contributed by atoms with van der Waals surface area (Å²) in [4.78, 5) is 22.7. The molecule has 0 aromatic carbocycles. The molecule has 0 aliphatic heterocycles. The van der Waals surface area contributed by atoms with E-state index in [0.29, 0.717) is 6.61 Å². The maximum atomic E-state index is 11.4. The molecule has 1 aliphatic carbocycles. The quantitative estimate of drug-likeness (QED) is 0.422. The molecule has 0 aromatic rings. The third kappa shape index (κ3) is 5.71. The first-order valence-corrected chi connectivity index (χ1v) is 6.61. The molecule has 1 rings (SSSR count). The summed E-state index contributed by atoms with van der Waals surface area (Å²) in [6.45, 7) is 2.38. The van der Waals surface area contributed by atoms with Crippen molar-refractivity contribution in [2.45, 2.75) is 64.4 Å². The van der Waals surface area contributed by atoms with Crippen LogP contribution in [0.25, 0.3) is 0 Å². The van der Waals surface area contributed by atoms with E-state index >= 15 is 0 Å². The molecule has 0 heterocycles. The molecule has 0 bridgehead atoms. The summed E-state index contributed by atoms with van der Waals surface area (Å²) < 4.78 is 9.93. The van der Waals surface area contributed by atoms with Crippen LogP contribution in [0.15, 0.2) is 0 Å². The van der Waals surface area contributed by atoms with Crippen molar-refractivity contribution in [3.8, 4) is 0 Å². The molecule has 1 aliphatic rings. The van der Waals surface area contributed by atoms with Gasteiger partial charge in [-0.1, -0.05) is 26.2 Å². The number of esters is 2. The van der Waals surface area contributed by atoms with E-state index in [-0.39, 0.29) is 6.10 Å². The molecular formula is C13H22O4. The van der Waals surface area contributed by atoms with Gasteiger partial charge in [-0.2, -0.15) is 0 Å². The number of hydrogen-bond donors (Lipinski definition) is 0. The van der Waals surface area contributed by atoms with Crippen molar-refractivity contribution in [2.24, 2.45) is 0 Å². The Morgan fingerprint density at radius 3 is 2.41 bits per heavy atom. The van der Waals surface area contributed by atoms with Crippen LogP contribution < -0.4 is 0 Å². The lowest BCUT2D eigenvalue weighted by molar-refractivity contribution is -0.171. The Hall–Kier alpha value is -1.06. The van der Waals surface area contributed by atoms with Crippen molar-refractivity contribution < 1.29 is 19.1 Å². The maximum Gasteiger partial charge on any atom is 0.417 e. The van der Waals surface area contributed by atoms with Crippen molar-refractivity contribution in [3.05, 3.63) is 0 Å². The van der Waals surface area contributed by atoms with Crippen molar-refractivity contribution in [2.75, 3.05) is 6.61 Å². The first-order chi connectivity index (χ1) is 8.24. The fraction of sp³-hybridized carbons (Fsp3) is 0.846. The second-order valence-electron chi connectivity index (χ2n) is 4.51. The average Bonchev–Trinajstić information content (AvgIpc) is 2.35. The number of unbranched alkanes of at least 4 members (excludes halogenated alkanes) is 2. The highest BCUT2D eigenvalue weighted by molar-refractivity contribution is 6.29. The molecule has 0 amide bonds. The van der Waals surface area contributed by atoms with Crippen LogP contribution in [0, 0.1) is 0 Å². The number of rotatable bonds is 5. The molecule has 17 heavy (non-hydrogen) atoms. The van der Waals surface area contributed by atoms with E-state index in [1.165, 1.54) is 6.42 Å². The minimum Gasteiger partial charge on any atom is -0.457 e. The van der Waals surface area contributed by atoms with Gasteiger partial charge in [0.05, 0.1) is 6.61 Å². The Bertz CT molecular complexity index is 244. The molecule has 0 spiro atoms. The van der Waals surface area contributed by atoms with E-state index in [0.717, 1.165) is 44.9 Å². The van der Waals surface area contributed by atoms with Crippen LogP contribution in [0.5, 0.6) is 0 Å². The predicted octanol–water partition coefficient (Wildman–Crippen LogP) is 2.60. The number of carbonyl (C=O) groups is 2.